The predicted octanol–water partition coefficient (Wildman–Crippen LogP) is 7.99. The summed E-state index contributed by atoms with van der Waals surface area (Å²) in [5, 5.41) is -0.363. The van der Waals surface area contributed by atoms with Crippen molar-refractivity contribution < 1.29 is 28.6 Å². The standard InChI is InChI=1S/C30H27Br2NO6S/c1-17(2)20-10-9-18(3)13-24(20)38-12-11-33-28(34)26(40-30(33)36)16-19-14-23(32)27(25(15-19)37-4)39-29(35)21-7-5-6-8-22(21)31/h5-10,13-17H,11-12H2,1-4H3/b26-16-. The number of thioether (sulfide) groups is 1. The number of carbonyl (C=O) groups is 3. The van der Waals surface area contributed by atoms with Crippen LogP contribution in [0.1, 0.15) is 46.8 Å². The molecule has 1 heterocycles. The molecule has 0 N–H and O–H groups in total. The summed E-state index contributed by atoms with van der Waals surface area (Å²) in [4.78, 5) is 39.9. The van der Waals surface area contributed by atoms with Gasteiger partial charge in [-0.25, -0.2) is 4.79 Å². The summed E-state index contributed by atoms with van der Waals surface area (Å²) in [5.41, 5.74) is 3.10. The Morgan fingerprint density at radius 3 is 2.48 bits per heavy atom. The molecule has 1 fully saturated rings. The van der Waals surface area contributed by atoms with Crippen LogP contribution in [0.2, 0.25) is 0 Å². The lowest BCUT2D eigenvalue weighted by Gasteiger charge is -2.17. The SMILES string of the molecule is COc1cc(/C=C2\SC(=O)N(CCOc3cc(C)ccc3C(C)C)C2=O)cc(Br)c1OC(=O)c1ccccc1Br. The molecule has 3 aromatic rings. The van der Waals surface area contributed by atoms with Gasteiger partial charge in [-0.3, -0.25) is 14.5 Å². The number of rotatable bonds is 9. The fraction of sp³-hybridized carbons (Fsp3) is 0.233. The molecule has 1 saturated heterocycles. The first-order chi connectivity index (χ1) is 19.1. The molecule has 10 heteroatoms. The van der Waals surface area contributed by atoms with Crippen molar-refractivity contribution in [1.82, 2.24) is 4.90 Å². The average molecular weight is 689 g/mol. The molecule has 0 atom stereocenters. The van der Waals surface area contributed by atoms with Crippen molar-refractivity contribution >= 4 is 66.8 Å². The van der Waals surface area contributed by atoms with Crippen molar-refractivity contribution in [2.75, 3.05) is 20.3 Å². The van der Waals surface area contributed by atoms with Crippen molar-refractivity contribution in [2.45, 2.75) is 26.7 Å². The molecule has 1 aliphatic heterocycles. The van der Waals surface area contributed by atoms with E-state index >= 15 is 0 Å². The number of esters is 1. The van der Waals surface area contributed by atoms with Crippen LogP contribution in [-0.4, -0.2) is 42.3 Å². The number of methoxy groups -OCH3 is 1. The fourth-order valence-corrected chi connectivity index (χ4v) is 5.88. The van der Waals surface area contributed by atoms with Crippen LogP contribution >= 0.6 is 43.6 Å². The summed E-state index contributed by atoms with van der Waals surface area (Å²) in [7, 11) is 1.45. The van der Waals surface area contributed by atoms with Crippen LogP contribution in [0.5, 0.6) is 17.2 Å². The highest BCUT2D eigenvalue weighted by Gasteiger charge is 2.35. The number of carbonyl (C=O) groups excluding carboxylic acids is 3. The van der Waals surface area contributed by atoms with Gasteiger partial charge in [-0.05, 0) is 110 Å². The quantitative estimate of drug-likeness (QED) is 0.128. The first kappa shape index (κ1) is 29.9. The fourth-order valence-electron chi connectivity index (χ4n) is 4.03. The number of benzene rings is 3. The van der Waals surface area contributed by atoms with E-state index in [-0.39, 0.29) is 40.7 Å². The van der Waals surface area contributed by atoms with Crippen LogP contribution in [0.3, 0.4) is 0 Å². The zero-order chi connectivity index (χ0) is 29.0. The second-order valence-corrected chi connectivity index (χ2v) is 12.0. The van der Waals surface area contributed by atoms with Crippen LogP contribution < -0.4 is 14.2 Å². The van der Waals surface area contributed by atoms with Gasteiger partial charge in [0.05, 0.1) is 28.6 Å². The second-order valence-electron chi connectivity index (χ2n) is 9.28. The predicted molar refractivity (Wildman–Crippen MR) is 163 cm³/mol. The third kappa shape index (κ3) is 6.79. The lowest BCUT2D eigenvalue weighted by atomic mass is 10.0. The summed E-state index contributed by atoms with van der Waals surface area (Å²) in [6.45, 7) is 6.48. The van der Waals surface area contributed by atoms with Gasteiger partial charge >= 0.3 is 5.97 Å². The van der Waals surface area contributed by atoms with E-state index in [4.69, 9.17) is 14.2 Å². The molecule has 3 aromatic carbocycles. The number of nitrogens with zero attached hydrogens (tertiary/aromatic N) is 1. The van der Waals surface area contributed by atoms with Gasteiger partial charge < -0.3 is 14.2 Å². The van der Waals surface area contributed by atoms with Gasteiger partial charge in [-0.15, -0.1) is 0 Å². The number of imide groups is 1. The van der Waals surface area contributed by atoms with Crippen LogP contribution in [-0.2, 0) is 4.79 Å². The molecule has 0 unspecified atom stereocenters. The third-order valence-electron chi connectivity index (χ3n) is 6.08. The normalized spacial score (nSPS) is 14.3. The van der Waals surface area contributed by atoms with E-state index in [0.717, 1.165) is 28.6 Å². The first-order valence-electron chi connectivity index (χ1n) is 12.4. The highest BCUT2D eigenvalue weighted by atomic mass is 79.9. The summed E-state index contributed by atoms with van der Waals surface area (Å²) < 4.78 is 18.1. The van der Waals surface area contributed by atoms with Crippen molar-refractivity contribution in [2.24, 2.45) is 0 Å². The minimum atomic E-state index is -0.561. The molecule has 0 aromatic heterocycles. The number of amides is 2. The van der Waals surface area contributed by atoms with E-state index in [1.165, 1.54) is 12.0 Å². The minimum absolute atomic E-state index is 0.129. The lowest BCUT2D eigenvalue weighted by molar-refractivity contribution is -0.123. The third-order valence-corrected chi connectivity index (χ3v) is 8.26. The van der Waals surface area contributed by atoms with Crippen molar-refractivity contribution in [3.8, 4) is 17.2 Å². The smallest absolute Gasteiger partial charge is 0.344 e. The Balaban J connectivity index is 1.48. The number of halogens is 2. The van der Waals surface area contributed by atoms with E-state index in [1.807, 2.05) is 25.1 Å². The Kier molecular flexibility index (Phi) is 9.76. The Morgan fingerprint density at radius 1 is 1.02 bits per heavy atom. The van der Waals surface area contributed by atoms with Gasteiger partial charge in [-0.2, -0.15) is 0 Å². The Labute approximate surface area is 254 Å². The monoisotopic (exact) mass is 687 g/mol. The summed E-state index contributed by atoms with van der Waals surface area (Å²) >= 11 is 7.66. The maximum absolute atomic E-state index is 13.1. The molecule has 208 valence electrons. The zero-order valence-electron chi connectivity index (χ0n) is 22.3. The Morgan fingerprint density at radius 2 is 1.77 bits per heavy atom. The van der Waals surface area contributed by atoms with Crippen molar-refractivity contribution in [3.05, 3.63) is 90.7 Å². The van der Waals surface area contributed by atoms with Gasteiger partial charge in [0.15, 0.2) is 11.5 Å². The van der Waals surface area contributed by atoms with E-state index in [2.05, 4.69) is 45.7 Å². The maximum Gasteiger partial charge on any atom is 0.344 e. The molecule has 0 saturated carbocycles. The second kappa shape index (κ2) is 13.1. The van der Waals surface area contributed by atoms with Crippen LogP contribution in [0.4, 0.5) is 4.79 Å². The maximum atomic E-state index is 13.1. The molecule has 4 rings (SSSR count). The molecule has 0 radical (unpaired) electrons. The molecular formula is C30H27Br2NO6S. The molecule has 0 bridgehead atoms. The molecule has 0 spiro atoms. The van der Waals surface area contributed by atoms with Gasteiger partial charge in [0.2, 0.25) is 0 Å². The van der Waals surface area contributed by atoms with Gasteiger partial charge in [-0.1, -0.05) is 38.1 Å². The highest BCUT2D eigenvalue weighted by Crippen LogP contribution is 2.40. The van der Waals surface area contributed by atoms with Gasteiger partial charge in [0, 0.05) is 4.47 Å². The average Bonchev–Trinajstić information content (AvgIpc) is 3.17. The van der Waals surface area contributed by atoms with Gasteiger partial charge in [0.1, 0.15) is 12.4 Å². The van der Waals surface area contributed by atoms with Gasteiger partial charge in [0.25, 0.3) is 11.1 Å². The van der Waals surface area contributed by atoms with Crippen molar-refractivity contribution in [1.29, 1.82) is 0 Å². The van der Waals surface area contributed by atoms with Crippen LogP contribution in [0.25, 0.3) is 6.08 Å². The topological polar surface area (TPSA) is 82.1 Å². The first-order valence-corrected chi connectivity index (χ1v) is 14.8. The van der Waals surface area contributed by atoms with E-state index < -0.39 is 11.9 Å². The summed E-state index contributed by atoms with van der Waals surface area (Å²) in [5.74, 6) is 0.563. The highest BCUT2D eigenvalue weighted by molar-refractivity contribution is 9.10. The van der Waals surface area contributed by atoms with E-state index in [1.54, 1.807) is 42.5 Å². The molecule has 40 heavy (non-hydrogen) atoms. The molecule has 2 amide bonds. The lowest BCUT2D eigenvalue weighted by Crippen LogP contribution is -2.32. The molecule has 1 aliphatic rings. The Hall–Kier alpha value is -3.08. The van der Waals surface area contributed by atoms with E-state index in [9.17, 15) is 14.4 Å². The van der Waals surface area contributed by atoms with Crippen LogP contribution in [0, 0.1) is 6.92 Å². The number of hydrogen-bond donors (Lipinski definition) is 0. The number of hydrogen-bond acceptors (Lipinski definition) is 7. The molecule has 7 nitrogen and oxygen atoms in total. The zero-order valence-corrected chi connectivity index (χ0v) is 26.3. The molecule has 0 aliphatic carbocycles. The minimum Gasteiger partial charge on any atom is -0.493 e. The largest absolute Gasteiger partial charge is 0.493 e. The summed E-state index contributed by atoms with van der Waals surface area (Å²) in [6, 6.07) is 16.3. The van der Waals surface area contributed by atoms with Crippen molar-refractivity contribution in [3.63, 3.8) is 0 Å². The Bertz CT molecular complexity index is 1500. The van der Waals surface area contributed by atoms with Crippen LogP contribution in [0.15, 0.2) is 68.4 Å². The van der Waals surface area contributed by atoms with E-state index in [0.29, 0.717) is 20.1 Å². The number of aryl methyl sites for hydroxylation is 1. The number of ether oxygens (including phenoxy) is 3. The molecular weight excluding hydrogens is 662 g/mol. The summed E-state index contributed by atoms with van der Waals surface area (Å²) in [6.07, 6.45) is 1.61.